The van der Waals surface area contributed by atoms with Crippen molar-refractivity contribution in [1.82, 2.24) is 10.2 Å². The average Bonchev–Trinajstić information content (AvgIpc) is 3.10. The summed E-state index contributed by atoms with van der Waals surface area (Å²) in [5.41, 5.74) is 0.645. The standard InChI is InChI=1S/C21H33N3O3/c1-21(2,3)27-20(26)24-16-10-13-18(24)19(25)22-14-8-9-15-23(4)17-11-6-5-7-12-17/h5-7,11-12,18H,8-10,13-16H2,1-4H3,(H,22,25)/t18-/m0/s1. The normalized spacial score (nSPS) is 16.9. The lowest BCUT2D eigenvalue weighted by Crippen LogP contribution is -2.47. The number of anilines is 1. The molecule has 27 heavy (non-hydrogen) atoms. The van der Waals surface area contributed by atoms with Crippen LogP contribution >= 0.6 is 0 Å². The van der Waals surface area contributed by atoms with Gasteiger partial charge in [0.2, 0.25) is 5.91 Å². The number of likely N-dealkylation sites (tertiary alicyclic amines) is 1. The molecule has 150 valence electrons. The van der Waals surface area contributed by atoms with Crippen LogP contribution in [0.4, 0.5) is 10.5 Å². The molecule has 1 saturated heterocycles. The number of hydrogen-bond donors (Lipinski definition) is 1. The van der Waals surface area contributed by atoms with Gasteiger partial charge in [0.05, 0.1) is 0 Å². The maximum Gasteiger partial charge on any atom is 0.410 e. The summed E-state index contributed by atoms with van der Waals surface area (Å²) in [4.78, 5) is 28.5. The lowest BCUT2D eigenvalue weighted by atomic mass is 10.2. The SMILES string of the molecule is CN(CCCCNC(=O)[C@@H]1CCCN1C(=O)OC(C)(C)C)c1ccccc1. The van der Waals surface area contributed by atoms with E-state index in [4.69, 9.17) is 4.74 Å². The molecule has 2 rings (SSSR count). The summed E-state index contributed by atoms with van der Waals surface area (Å²) in [5, 5.41) is 2.98. The molecule has 6 heteroatoms. The van der Waals surface area contributed by atoms with Crippen molar-refractivity contribution >= 4 is 17.7 Å². The maximum atomic E-state index is 12.5. The van der Waals surface area contributed by atoms with Gasteiger partial charge < -0.3 is 15.0 Å². The number of nitrogens with one attached hydrogen (secondary N) is 1. The number of para-hydroxylation sites is 1. The van der Waals surface area contributed by atoms with Gasteiger partial charge in [0.15, 0.2) is 0 Å². The van der Waals surface area contributed by atoms with Gasteiger partial charge in [-0.05, 0) is 58.6 Å². The second kappa shape index (κ2) is 9.62. The highest BCUT2D eigenvalue weighted by Gasteiger charge is 2.36. The van der Waals surface area contributed by atoms with Crippen LogP contribution in [0.15, 0.2) is 30.3 Å². The molecule has 2 amide bonds. The number of benzene rings is 1. The molecule has 1 fully saturated rings. The minimum absolute atomic E-state index is 0.0743. The Kier molecular flexibility index (Phi) is 7.51. The average molecular weight is 376 g/mol. The fourth-order valence-electron chi connectivity index (χ4n) is 3.19. The zero-order valence-corrected chi connectivity index (χ0v) is 17.0. The monoisotopic (exact) mass is 375 g/mol. The summed E-state index contributed by atoms with van der Waals surface area (Å²) >= 11 is 0. The van der Waals surface area contributed by atoms with Crippen LogP contribution in [-0.4, -0.2) is 55.2 Å². The van der Waals surface area contributed by atoms with E-state index in [-0.39, 0.29) is 5.91 Å². The third-order valence-electron chi connectivity index (χ3n) is 4.60. The first kappa shape index (κ1) is 21.1. The van der Waals surface area contributed by atoms with Gasteiger partial charge in [-0.25, -0.2) is 4.79 Å². The molecule has 0 unspecified atom stereocenters. The van der Waals surface area contributed by atoms with Crippen molar-refractivity contribution in [2.75, 3.05) is 31.6 Å². The molecular weight excluding hydrogens is 342 g/mol. The molecule has 0 spiro atoms. The molecular formula is C21H33N3O3. The summed E-state index contributed by atoms with van der Waals surface area (Å²) < 4.78 is 5.41. The number of ether oxygens (including phenoxy) is 1. The molecule has 1 aliphatic heterocycles. The van der Waals surface area contributed by atoms with Gasteiger partial charge in [0, 0.05) is 32.4 Å². The van der Waals surface area contributed by atoms with Gasteiger partial charge in [-0.15, -0.1) is 0 Å². The van der Waals surface area contributed by atoms with Gasteiger partial charge in [-0.2, -0.15) is 0 Å². The van der Waals surface area contributed by atoms with Crippen molar-refractivity contribution < 1.29 is 14.3 Å². The highest BCUT2D eigenvalue weighted by atomic mass is 16.6. The smallest absolute Gasteiger partial charge is 0.410 e. The number of rotatable bonds is 7. The van der Waals surface area contributed by atoms with E-state index in [1.807, 2.05) is 39.0 Å². The van der Waals surface area contributed by atoms with Crippen LogP contribution in [0.2, 0.25) is 0 Å². The Morgan fingerprint density at radius 2 is 1.93 bits per heavy atom. The van der Waals surface area contributed by atoms with Crippen LogP contribution in [-0.2, 0) is 9.53 Å². The van der Waals surface area contributed by atoms with Crippen molar-refractivity contribution in [3.05, 3.63) is 30.3 Å². The first-order valence-corrected chi connectivity index (χ1v) is 9.81. The van der Waals surface area contributed by atoms with Crippen LogP contribution < -0.4 is 10.2 Å². The fourth-order valence-corrected chi connectivity index (χ4v) is 3.19. The van der Waals surface area contributed by atoms with Crippen LogP contribution in [0, 0.1) is 0 Å². The predicted molar refractivity (Wildman–Crippen MR) is 108 cm³/mol. The predicted octanol–water partition coefficient (Wildman–Crippen LogP) is 3.42. The molecule has 0 radical (unpaired) electrons. The number of amides is 2. The Hall–Kier alpha value is -2.24. The number of unbranched alkanes of at least 4 members (excludes halogenated alkanes) is 1. The molecule has 0 aliphatic carbocycles. The third-order valence-corrected chi connectivity index (χ3v) is 4.60. The van der Waals surface area contributed by atoms with E-state index in [9.17, 15) is 9.59 Å². The first-order chi connectivity index (χ1) is 12.8. The molecule has 0 bridgehead atoms. The second-order valence-corrected chi connectivity index (χ2v) is 8.09. The van der Waals surface area contributed by atoms with Gasteiger partial charge in [0.1, 0.15) is 11.6 Å². The fraction of sp³-hybridized carbons (Fsp3) is 0.619. The van der Waals surface area contributed by atoms with Crippen molar-refractivity contribution in [2.24, 2.45) is 0 Å². The Labute approximate surface area is 162 Å². The maximum absolute atomic E-state index is 12.5. The van der Waals surface area contributed by atoms with Crippen LogP contribution in [0.25, 0.3) is 0 Å². The van der Waals surface area contributed by atoms with Crippen molar-refractivity contribution in [1.29, 1.82) is 0 Å². The second-order valence-electron chi connectivity index (χ2n) is 8.09. The lowest BCUT2D eigenvalue weighted by Gasteiger charge is -2.28. The van der Waals surface area contributed by atoms with Crippen molar-refractivity contribution in [2.45, 2.75) is 58.1 Å². The van der Waals surface area contributed by atoms with Gasteiger partial charge >= 0.3 is 6.09 Å². The third kappa shape index (κ3) is 6.77. The molecule has 1 N–H and O–H groups in total. The summed E-state index contributed by atoms with van der Waals surface area (Å²) in [6.07, 6.45) is 3.03. The zero-order chi connectivity index (χ0) is 19.9. The highest BCUT2D eigenvalue weighted by Crippen LogP contribution is 2.21. The molecule has 1 aliphatic rings. The molecule has 1 atom stereocenters. The Morgan fingerprint density at radius 3 is 2.59 bits per heavy atom. The van der Waals surface area contributed by atoms with E-state index in [0.717, 1.165) is 25.8 Å². The Bertz CT molecular complexity index is 613. The zero-order valence-electron chi connectivity index (χ0n) is 17.0. The number of carbonyl (C=O) groups excluding carboxylic acids is 2. The summed E-state index contributed by atoms with van der Waals surface area (Å²) in [6, 6.07) is 9.84. The number of carbonyl (C=O) groups is 2. The Balaban J connectivity index is 1.69. The summed E-state index contributed by atoms with van der Waals surface area (Å²) in [5.74, 6) is -0.0743. The summed E-state index contributed by atoms with van der Waals surface area (Å²) in [7, 11) is 2.07. The lowest BCUT2D eigenvalue weighted by molar-refractivity contribution is -0.125. The van der Waals surface area contributed by atoms with Crippen LogP contribution in [0.3, 0.4) is 0 Å². The van der Waals surface area contributed by atoms with E-state index in [2.05, 4.69) is 29.4 Å². The molecule has 1 aromatic carbocycles. The van der Waals surface area contributed by atoms with E-state index < -0.39 is 17.7 Å². The Morgan fingerprint density at radius 1 is 1.22 bits per heavy atom. The summed E-state index contributed by atoms with van der Waals surface area (Å²) in [6.45, 7) is 7.65. The topological polar surface area (TPSA) is 61.9 Å². The number of nitrogens with zero attached hydrogens (tertiary/aromatic N) is 2. The number of hydrogen-bond acceptors (Lipinski definition) is 4. The van der Waals surface area contributed by atoms with Crippen LogP contribution in [0.5, 0.6) is 0 Å². The van der Waals surface area contributed by atoms with Crippen LogP contribution in [0.1, 0.15) is 46.5 Å². The van der Waals surface area contributed by atoms with Crippen molar-refractivity contribution in [3.8, 4) is 0 Å². The van der Waals surface area contributed by atoms with Gasteiger partial charge in [-0.3, -0.25) is 9.69 Å². The van der Waals surface area contributed by atoms with Gasteiger partial charge in [0.25, 0.3) is 0 Å². The molecule has 1 heterocycles. The van der Waals surface area contributed by atoms with E-state index >= 15 is 0 Å². The first-order valence-electron chi connectivity index (χ1n) is 9.81. The molecule has 0 aromatic heterocycles. The van der Waals surface area contributed by atoms with Crippen molar-refractivity contribution in [3.63, 3.8) is 0 Å². The van der Waals surface area contributed by atoms with E-state index in [1.165, 1.54) is 5.69 Å². The molecule has 0 saturated carbocycles. The van der Waals surface area contributed by atoms with Gasteiger partial charge in [-0.1, -0.05) is 18.2 Å². The molecule has 1 aromatic rings. The molecule has 6 nitrogen and oxygen atoms in total. The minimum Gasteiger partial charge on any atom is -0.444 e. The highest BCUT2D eigenvalue weighted by molar-refractivity contribution is 5.86. The van der Waals surface area contributed by atoms with E-state index in [0.29, 0.717) is 19.5 Å². The minimum atomic E-state index is -0.550. The quantitative estimate of drug-likeness (QED) is 0.742. The largest absolute Gasteiger partial charge is 0.444 e. The van der Waals surface area contributed by atoms with E-state index in [1.54, 1.807) is 4.90 Å².